The van der Waals surface area contributed by atoms with Crippen LogP contribution in [0.15, 0.2) is 15.0 Å². The van der Waals surface area contributed by atoms with Gasteiger partial charge in [0.2, 0.25) is 0 Å². The van der Waals surface area contributed by atoms with Crippen LogP contribution in [0.25, 0.3) is 10.2 Å². The summed E-state index contributed by atoms with van der Waals surface area (Å²) < 4.78 is 2.18. The van der Waals surface area contributed by atoms with Crippen LogP contribution in [0, 0.1) is 0 Å². The van der Waals surface area contributed by atoms with E-state index in [0.717, 1.165) is 15.9 Å². The first-order valence-corrected chi connectivity index (χ1v) is 5.23. The Morgan fingerprint density at radius 1 is 1.31 bits per heavy atom. The minimum Gasteiger partial charge on any atom is -0.478 e. The van der Waals surface area contributed by atoms with Gasteiger partial charge in [-0.25, -0.2) is 9.59 Å². The van der Waals surface area contributed by atoms with Gasteiger partial charge in [-0.1, -0.05) is 0 Å². The van der Waals surface area contributed by atoms with Crippen molar-refractivity contribution >= 4 is 27.5 Å². The summed E-state index contributed by atoms with van der Waals surface area (Å²) >= 11 is 1.07. The fourth-order valence-corrected chi connectivity index (χ4v) is 2.52. The third-order valence-electron chi connectivity index (χ3n) is 2.40. The molecule has 0 saturated carbocycles. The molecule has 2 heterocycles. The van der Waals surface area contributed by atoms with E-state index in [1.165, 1.54) is 24.0 Å². The zero-order chi connectivity index (χ0) is 12.0. The molecular formula is C9H8N2O4S. The van der Waals surface area contributed by atoms with E-state index in [-0.39, 0.29) is 10.9 Å². The maximum atomic E-state index is 11.8. The third-order valence-corrected chi connectivity index (χ3v) is 3.45. The van der Waals surface area contributed by atoms with Gasteiger partial charge < -0.3 is 5.11 Å². The standard InChI is InChI=1S/C9H8N2O4S/c1-10-6(12)5-4(8(13)14)3-16-7(5)11(2)9(10)15/h3H,1-2H3,(H,13,14). The first kappa shape index (κ1) is 10.6. The van der Waals surface area contributed by atoms with Gasteiger partial charge >= 0.3 is 11.7 Å². The molecule has 2 aromatic heterocycles. The summed E-state index contributed by atoms with van der Waals surface area (Å²) in [6, 6.07) is 0. The SMILES string of the molecule is Cn1c(=O)c2c(C(=O)O)csc2n(C)c1=O. The molecule has 0 saturated heterocycles. The van der Waals surface area contributed by atoms with Crippen LogP contribution >= 0.6 is 11.3 Å². The molecule has 0 spiro atoms. The highest BCUT2D eigenvalue weighted by Gasteiger charge is 2.18. The number of aryl methyl sites for hydroxylation is 1. The molecule has 0 unspecified atom stereocenters. The lowest BCUT2D eigenvalue weighted by Crippen LogP contribution is -2.36. The molecule has 2 rings (SSSR count). The Labute approximate surface area is 93.0 Å². The average Bonchev–Trinajstić information content (AvgIpc) is 2.67. The Morgan fingerprint density at radius 2 is 1.94 bits per heavy atom. The summed E-state index contributed by atoms with van der Waals surface area (Å²) in [4.78, 5) is 34.6. The summed E-state index contributed by atoms with van der Waals surface area (Å²) in [5.41, 5.74) is -1.09. The summed E-state index contributed by atoms with van der Waals surface area (Å²) in [6.07, 6.45) is 0. The van der Waals surface area contributed by atoms with E-state index in [2.05, 4.69) is 0 Å². The van der Waals surface area contributed by atoms with Crippen molar-refractivity contribution in [3.05, 3.63) is 31.8 Å². The molecule has 0 bridgehead atoms. The molecule has 0 aliphatic rings. The average molecular weight is 240 g/mol. The molecule has 2 aromatic rings. The first-order chi connectivity index (χ1) is 7.45. The minimum atomic E-state index is -1.16. The van der Waals surface area contributed by atoms with Gasteiger partial charge in [0.25, 0.3) is 5.56 Å². The molecule has 0 atom stereocenters. The molecule has 0 aliphatic heterocycles. The van der Waals surface area contributed by atoms with Gasteiger partial charge in [0, 0.05) is 19.5 Å². The lowest BCUT2D eigenvalue weighted by Gasteiger charge is -2.03. The number of nitrogens with zero attached hydrogens (tertiary/aromatic N) is 2. The fraction of sp³-hybridized carbons (Fsp3) is 0.222. The van der Waals surface area contributed by atoms with Crippen LogP contribution < -0.4 is 11.2 Å². The molecule has 1 N–H and O–H groups in total. The van der Waals surface area contributed by atoms with Crippen molar-refractivity contribution < 1.29 is 9.90 Å². The van der Waals surface area contributed by atoms with Gasteiger partial charge in [-0.3, -0.25) is 13.9 Å². The molecule has 16 heavy (non-hydrogen) atoms. The second-order valence-corrected chi connectivity index (χ2v) is 4.20. The minimum absolute atomic E-state index is 0.0591. The number of fused-ring (bicyclic) bond motifs is 1. The van der Waals surface area contributed by atoms with Gasteiger partial charge in [0.15, 0.2) is 0 Å². The van der Waals surface area contributed by atoms with Gasteiger partial charge in [-0.05, 0) is 0 Å². The van der Waals surface area contributed by atoms with Crippen molar-refractivity contribution in [1.82, 2.24) is 9.13 Å². The van der Waals surface area contributed by atoms with E-state index < -0.39 is 17.2 Å². The molecular weight excluding hydrogens is 232 g/mol. The zero-order valence-electron chi connectivity index (χ0n) is 8.55. The number of carbonyl (C=O) groups is 1. The van der Waals surface area contributed by atoms with Crippen molar-refractivity contribution in [2.24, 2.45) is 14.1 Å². The molecule has 84 valence electrons. The summed E-state index contributed by atoms with van der Waals surface area (Å²) in [5, 5.41) is 10.4. The van der Waals surface area contributed by atoms with Crippen molar-refractivity contribution in [2.75, 3.05) is 0 Å². The predicted molar refractivity (Wildman–Crippen MR) is 59.3 cm³/mol. The highest BCUT2D eigenvalue weighted by molar-refractivity contribution is 7.17. The monoisotopic (exact) mass is 240 g/mol. The maximum absolute atomic E-state index is 11.8. The second kappa shape index (κ2) is 3.31. The normalized spacial score (nSPS) is 10.9. The number of carboxylic acid groups (broad SMARTS) is 1. The molecule has 0 aliphatic carbocycles. The predicted octanol–water partition coefficient (Wildman–Crippen LogP) is -0.00310. The number of rotatable bonds is 1. The second-order valence-electron chi connectivity index (χ2n) is 3.34. The van der Waals surface area contributed by atoms with Gasteiger partial charge in [-0.2, -0.15) is 0 Å². The molecule has 6 nitrogen and oxygen atoms in total. The van der Waals surface area contributed by atoms with Gasteiger partial charge in [0.1, 0.15) is 4.83 Å². The van der Waals surface area contributed by atoms with E-state index in [1.807, 2.05) is 0 Å². The summed E-state index contributed by atoms with van der Waals surface area (Å²) in [5.74, 6) is -1.16. The fourth-order valence-electron chi connectivity index (χ4n) is 1.53. The molecule has 0 fully saturated rings. The van der Waals surface area contributed by atoms with Crippen molar-refractivity contribution in [3.63, 3.8) is 0 Å². The number of hydrogen-bond acceptors (Lipinski definition) is 4. The summed E-state index contributed by atoms with van der Waals surface area (Å²) in [7, 11) is 2.83. The Kier molecular flexibility index (Phi) is 2.20. The topological polar surface area (TPSA) is 81.3 Å². The Balaban J connectivity index is 3.13. The van der Waals surface area contributed by atoms with Crippen molar-refractivity contribution in [2.45, 2.75) is 0 Å². The van der Waals surface area contributed by atoms with E-state index in [1.54, 1.807) is 0 Å². The zero-order valence-corrected chi connectivity index (χ0v) is 9.37. The van der Waals surface area contributed by atoms with Crippen molar-refractivity contribution in [3.8, 4) is 0 Å². The number of thiophene rings is 1. The van der Waals surface area contributed by atoms with Crippen LogP contribution in [0.5, 0.6) is 0 Å². The Hall–Kier alpha value is -1.89. The molecule has 7 heteroatoms. The van der Waals surface area contributed by atoms with E-state index in [0.29, 0.717) is 4.83 Å². The number of aromatic nitrogens is 2. The largest absolute Gasteiger partial charge is 0.478 e. The smallest absolute Gasteiger partial charge is 0.337 e. The number of hydrogen-bond donors (Lipinski definition) is 1. The maximum Gasteiger partial charge on any atom is 0.337 e. The molecule has 0 aromatic carbocycles. The van der Waals surface area contributed by atoms with Crippen LogP contribution in [-0.2, 0) is 14.1 Å². The van der Waals surface area contributed by atoms with E-state index >= 15 is 0 Å². The number of carboxylic acids is 1. The quantitative estimate of drug-likeness (QED) is 0.760. The highest BCUT2D eigenvalue weighted by atomic mass is 32.1. The van der Waals surface area contributed by atoms with Crippen LogP contribution in [0.4, 0.5) is 0 Å². The summed E-state index contributed by atoms with van der Waals surface area (Å²) in [6.45, 7) is 0. The number of aromatic carboxylic acids is 1. The third kappa shape index (κ3) is 1.21. The lowest BCUT2D eigenvalue weighted by atomic mass is 10.2. The van der Waals surface area contributed by atoms with Gasteiger partial charge in [-0.15, -0.1) is 11.3 Å². The van der Waals surface area contributed by atoms with Gasteiger partial charge in [0.05, 0.1) is 10.9 Å². The first-order valence-electron chi connectivity index (χ1n) is 4.35. The van der Waals surface area contributed by atoms with Crippen molar-refractivity contribution in [1.29, 1.82) is 0 Å². The van der Waals surface area contributed by atoms with Crippen LogP contribution in [0.3, 0.4) is 0 Å². The van der Waals surface area contributed by atoms with E-state index in [4.69, 9.17) is 5.11 Å². The highest BCUT2D eigenvalue weighted by Crippen LogP contribution is 2.21. The lowest BCUT2D eigenvalue weighted by molar-refractivity contribution is 0.0699. The van der Waals surface area contributed by atoms with Crippen LogP contribution in [0.2, 0.25) is 0 Å². The Bertz CT molecular complexity index is 707. The Morgan fingerprint density at radius 3 is 2.50 bits per heavy atom. The van der Waals surface area contributed by atoms with E-state index in [9.17, 15) is 14.4 Å². The van der Waals surface area contributed by atoms with Crippen LogP contribution in [-0.4, -0.2) is 20.2 Å². The molecule has 0 amide bonds. The molecule has 0 radical (unpaired) electrons. The van der Waals surface area contributed by atoms with Crippen LogP contribution in [0.1, 0.15) is 10.4 Å².